The van der Waals surface area contributed by atoms with Gasteiger partial charge in [0.1, 0.15) is 0 Å². The fraction of sp³-hybridized carbons (Fsp3) is 0.222. The first-order valence-electron chi connectivity index (χ1n) is 4.19. The van der Waals surface area contributed by atoms with E-state index in [0.29, 0.717) is 12.4 Å². The first kappa shape index (κ1) is 8.68. The third kappa shape index (κ3) is 1.87. The van der Waals surface area contributed by atoms with Gasteiger partial charge in [0.15, 0.2) is 0 Å². The van der Waals surface area contributed by atoms with Crippen LogP contribution in [0.2, 0.25) is 0 Å². The molecular weight excluding hydrogens is 180 g/mol. The van der Waals surface area contributed by atoms with Crippen molar-refractivity contribution in [3.8, 4) is 5.88 Å². The number of rotatable bonds is 3. The highest BCUT2D eigenvalue weighted by molar-refractivity contribution is 5.07. The summed E-state index contributed by atoms with van der Waals surface area (Å²) < 4.78 is 6.84. The van der Waals surface area contributed by atoms with Crippen molar-refractivity contribution in [3.63, 3.8) is 0 Å². The molecule has 0 saturated carbocycles. The zero-order chi connectivity index (χ0) is 9.80. The predicted molar refractivity (Wildman–Crippen MR) is 49.9 cm³/mol. The predicted octanol–water partition coefficient (Wildman–Crippen LogP) is 0.730. The summed E-state index contributed by atoms with van der Waals surface area (Å²) in [6, 6.07) is 0. The molecule has 0 aromatic carbocycles. The van der Waals surface area contributed by atoms with E-state index >= 15 is 0 Å². The molecule has 72 valence electrons. The molecule has 0 N–H and O–H groups in total. The molecule has 0 atom stereocenters. The second-order valence-corrected chi connectivity index (χ2v) is 2.79. The van der Waals surface area contributed by atoms with E-state index in [-0.39, 0.29) is 0 Å². The van der Waals surface area contributed by atoms with Crippen LogP contribution in [0, 0.1) is 0 Å². The topological polar surface area (TPSA) is 52.8 Å². The zero-order valence-corrected chi connectivity index (χ0v) is 7.79. The zero-order valence-electron chi connectivity index (χ0n) is 7.79. The fourth-order valence-corrected chi connectivity index (χ4v) is 1.10. The van der Waals surface area contributed by atoms with Gasteiger partial charge in [0.05, 0.1) is 38.1 Å². The molecule has 0 saturated heterocycles. The summed E-state index contributed by atoms with van der Waals surface area (Å²) in [4.78, 5) is 12.2. The quantitative estimate of drug-likeness (QED) is 0.716. The maximum Gasteiger partial charge on any atom is 0.231 e. The summed E-state index contributed by atoms with van der Waals surface area (Å²) in [5.74, 6) is 0.527. The highest BCUT2D eigenvalue weighted by atomic mass is 16.5. The van der Waals surface area contributed by atoms with Gasteiger partial charge in [0.2, 0.25) is 5.88 Å². The lowest BCUT2D eigenvalue weighted by Crippen LogP contribution is -2.00. The number of methoxy groups -OCH3 is 1. The molecule has 0 fully saturated rings. The Balaban J connectivity index is 2.10. The van der Waals surface area contributed by atoms with Crippen LogP contribution < -0.4 is 4.74 Å². The van der Waals surface area contributed by atoms with Gasteiger partial charge in [-0.15, -0.1) is 0 Å². The van der Waals surface area contributed by atoms with Crippen molar-refractivity contribution >= 4 is 0 Å². The van der Waals surface area contributed by atoms with Crippen LogP contribution in [0.4, 0.5) is 0 Å². The summed E-state index contributed by atoms with van der Waals surface area (Å²) in [5.41, 5.74) is 0.879. The van der Waals surface area contributed by atoms with Crippen LogP contribution in [0.1, 0.15) is 5.69 Å². The molecule has 5 nitrogen and oxygen atoms in total. The first-order valence-corrected chi connectivity index (χ1v) is 4.19. The van der Waals surface area contributed by atoms with E-state index in [1.807, 2.05) is 10.8 Å². The molecule has 0 unspecified atom stereocenters. The van der Waals surface area contributed by atoms with Gasteiger partial charge < -0.3 is 9.30 Å². The lowest BCUT2D eigenvalue weighted by atomic mass is 10.4. The van der Waals surface area contributed by atoms with E-state index in [1.165, 1.54) is 0 Å². The van der Waals surface area contributed by atoms with Crippen LogP contribution in [-0.2, 0) is 6.54 Å². The molecule has 0 aliphatic rings. The van der Waals surface area contributed by atoms with Gasteiger partial charge in [0, 0.05) is 12.4 Å². The number of nitrogens with zero attached hydrogens (tertiary/aromatic N) is 4. The van der Waals surface area contributed by atoms with Crippen LogP contribution >= 0.6 is 0 Å². The summed E-state index contributed by atoms with van der Waals surface area (Å²) in [6.45, 7) is 0.678. The highest BCUT2D eigenvalue weighted by Gasteiger charge is 1.97. The Bertz CT molecular complexity index is 382. The van der Waals surface area contributed by atoms with E-state index in [1.54, 1.807) is 32.0 Å². The maximum atomic E-state index is 4.91. The van der Waals surface area contributed by atoms with Crippen molar-refractivity contribution in [2.75, 3.05) is 7.11 Å². The summed E-state index contributed by atoms with van der Waals surface area (Å²) in [7, 11) is 1.57. The van der Waals surface area contributed by atoms with Gasteiger partial charge in [-0.05, 0) is 0 Å². The van der Waals surface area contributed by atoms with Crippen LogP contribution in [0.3, 0.4) is 0 Å². The van der Waals surface area contributed by atoms with Gasteiger partial charge in [-0.25, -0.2) is 9.97 Å². The van der Waals surface area contributed by atoms with Crippen molar-refractivity contribution in [1.29, 1.82) is 0 Å². The molecule has 2 heterocycles. The van der Waals surface area contributed by atoms with Gasteiger partial charge in [0.25, 0.3) is 0 Å². The molecule has 5 heteroatoms. The van der Waals surface area contributed by atoms with Crippen molar-refractivity contribution in [2.45, 2.75) is 6.54 Å². The van der Waals surface area contributed by atoms with Crippen LogP contribution in [0.5, 0.6) is 5.88 Å². The minimum absolute atomic E-state index is 0.527. The van der Waals surface area contributed by atoms with E-state index < -0.39 is 0 Å². The Labute approximate surface area is 81.4 Å². The second kappa shape index (κ2) is 3.87. The van der Waals surface area contributed by atoms with Crippen LogP contribution in [-0.4, -0.2) is 26.6 Å². The Hall–Kier alpha value is -1.91. The lowest BCUT2D eigenvalue weighted by molar-refractivity contribution is 0.395. The standard InChI is InChI=1S/C9H10N4O/c1-14-9-5-11-8(4-12-9)6-13-3-2-10-7-13/h2-5,7H,6H2,1H3. The van der Waals surface area contributed by atoms with Gasteiger partial charge >= 0.3 is 0 Å². The van der Waals surface area contributed by atoms with E-state index in [4.69, 9.17) is 4.74 Å². The Morgan fingerprint density at radius 2 is 2.29 bits per heavy atom. The molecule has 2 aromatic rings. The van der Waals surface area contributed by atoms with Crippen molar-refractivity contribution < 1.29 is 4.74 Å². The first-order chi connectivity index (χ1) is 6.88. The van der Waals surface area contributed by atoms with E-state index in [0.717, 1.165) is 5.69 Å². The normalized spacial score (nSPS) is 10.1. The molecule has 0 aliphatic heterocycles. The average molecular weight is 190 g/mol. The molecule has 2 rings (SSSR count). The van der Waals surface area contributed by atoms with E-state index in [2.05, 4.69) is 15.0 Å². The van der Waals surface area contributed by atoms with Crippen LogP contribution in [0.15, 0.2) is 31.1 Å². The number of hydrogen-bond donors (Lipinski definition) is 0. The van der Waals surface area contributed by atoms with Crippen molar-refractivity contribution in [2.24, 2.45) is 0 Å². The minimum Gasteiger partial charge on any atom is -0.480 e. The molecule has 0 bridgehead atoms. The summed E-state index contributed by atoms with van der Waals surface area (Å²) in [6.07, 6.45) is 8.65. The molecule has 14 heavy (non-hydrogen) atoms. The fourth-order valence-electron chi connectivity index (χ4n) is 1.10. The van der Waals surface area contributed by atoms with E-state index in [9.17, 15) is 0 Å². The number of hydrogen-bond acceptors (Lipinski definition) is 4. The third-order valence-electron chi connectivity index (χ3n) is 1.79. The second-order valence-electron chi connectivity index (χ2n) is 2.79. The van der Waals surface area contributed by atoms with Gasteiger partial charge in [-0.2, -0.15) is 0 Å². The highest BCUT2D eigenvalue weighted by Crippen LogP contribution is 2.03. The summed E-state index contributed by atoms with van der Waals surface area (Å²) in [5, 5.41) is 0. The lowest BCUT2D eigenvalue weighted by Gasteiger charge is -2.01. The van der Waals surface area contributed by atoms with Gasteiger partial charge in [-0.1, -0.05) is 0 Å². The largest absolute Gasteiger partial charge is 0.480 e. The van der Waals surface area contributed by atoms with Crippen molar-refractivity contribution in [3.05, 3.63) is 36.8 Å². The van der Waals surface area contributed by atoms with Crippen molar-refractivity contribution in [1.82, 2.24) is 19.5 Å². The third-order valence-corrected chi connectivity index (χ3v) is 1.79. The number of ether oxygens (including phenoxy) is 1. The molecule has 2 aromatic heterocycles. The molecule has 0 amide bonds. The monoisotopic (exact) mass is 190 g/mol. The Kier molecular flexibility index (Phi) is 2.40. The van der Waals surface area contributed by atoms with Gasteiger partial charge in [-0.3, -0.25) is 4.98 Å². The molecule has 0 aliphatic carbocycles. The Morgan fingerprint density at radius 1 is 1.36 bits per heavy atom. The molecular formula is C9H10N4O. The minimum atomic E-state index is 0.527. The number of aromatic nitrogens is 4. The Morgan fingerprint density at radius 3 is 2.86 bits per heavy atom. The maximum absolute atomic E-state index is 4.91. The molecule has 0 spiro atoms. The van der Waals surface area contributed by atoms with Crippen LogP contribution in [0.25, 0.3) is 0 Å². The molecule has 0 radical (unpaired) electrons. The SMILES string of the molecule is COc1cnc(Cn2ccnc2)cn1. The summed E-state index contributed by atoms with van der Waals surface area (Å²) >= 11 is 0. The average Bonchev–Trinajstić information content (AvgIpc) is 2.72. The number of imidazole rings is 1. The smallest absolute Gasteiger partial charge is 0.231 e.